The molecule has 2 aliphatic rings. The van der Waals surface area contributed by atoms with Crippen LogP contribution in [0.3, 0.4) is 0 Å². The largest absolute Gasteiger partial charge is 0.378 e. The summed E-state index contributed by atoms with van der Waals surface area (Å²) in [5.74, 6) is 0.844. The van der Waals surface area contributed by atoms with E-state index in [9.17, 15) is 0 Å². The molecule has 3 unspecified atom stereocenters. The van der Waals surface area contributed by atoms with Crippen LogP contribution < -0.4 is 5.32 Å². The van der Waals surface area contributed by atoms with Crippen molar-refractivity contribution in [3.63, 3.8) is 0 Å². The van der Waals surface area contributed by atoms with Crippen molar-refractivity contribution in [1.82, 2.24) is 5.32 Å². The average Bonchev–Trinajstić information content (AvgIpc) is 2.24. The molecule has 0 amide bonds. The van der Waals surface area contributed by atoms with Crippen LogP contribution in [0.1, 0.15) is 72.6 Å². The summed E-state index contributed by atoms with van der Waals surface area (Å²) < 4.78 is 5.92. The van der Waals surface area contributed by atoms with E-state index in [4.69, 9.17) is 4.74 Å². The molecule has 2 saturated carbocycles. The highest BCUT2D eigenvalue weighted by molar-refractivity contribution is 5.12. The summed E-state index contributed by atoms with van der Waals surface area (Å²) in [5.41, 5.74) is 0.516. The fourth-order valence-corrected chi connectivity index (χ4v) is 3.93. The summed E-state index contributed by atoms with van der Waals surface area (Å²) >= 11 is 0. The van der Waals surface area contributed by atoms with Crippen molar-refractivity contribution < 1.29 is 4.74 Å². The molecule has 0 bridgehead atoms. The Morgan fingerprint density at radius 2 is 1.95 bits per heavy atom. The van der Waals surface area contributed by atoms with E-state index in [1.807, 2.05) is 0 Å². The van der Waals surface area contributed by atoms with Gasteiger partial charge in [0.15, 0.2) is 0 Å². The van der Waals surface area contributed by atoms with Crippen LogP contribution in [0.15, 0.2) is 0 Å². The van der Waals surface area contributed by atoms with Gasteiger partial charge in [-0.1, -0.05) is 33.1 Å². The van der Waals surface area contributed by atoms with E-state index >= 15 is 0 Å². The second-order valence-electron chi connectivity index (χ2n) is 7.21. The molecule has 2 nitrogen and oxygen atoms in total. The van der Waals surface area contributed by atoms with Crippen molar-refractivity contribution >= 4 is 0 Å². The Bertz CT molecular complexity index is 272. The first-order valence-corrected chi connectivity index (χ1v) is 8.46. The van der Waals surface area contributed by atoms with E-state index in [-0.39, 0.29) is 0 Å². The number of hydrogen-bond donors (Lipinski definition) is 1. The Kier molecular flexibility index (Phi) is 5.30. The lowest BCUT2D eigenvalue weighted by molar-refractivity contribution is -0.174. The lowest BCUT2D eigenvalue weighted by Gasteiger charge is -2.61. The van der Waals surface area contributed by atoms with Crippen molar-refractivity contribution in [3.8, 4) is 0 Å². The minimum Gasteiger partial charge on any atom is -0.378 e. The molecule has 0 radical (unpaired) electrons. The van der Waals surface area contributed by atoms with E-state index < -0.39 is 0 Å². The van der Waals surface area contributed by atoms with Crippen molar-refractivity contribution in [2.45, 2.75) is 90.8 Å². The highest BCUT2D eigenvalue weighted by Crippen LogP contribution is 2.57. The maximum Gasteiger partial charge on any atom is 0.0661 e. The molecule has 112 valence electrons. The Morgan fingerprint density at radius 1 is 1.21 bits per heavy atom. The molecule has 2 heteroatoms. The van der Waals surface area contributed by atoms with Crippen molar-refractivity contribution in [2.24, 2.45) is 11.3 Å². The highest BCUT2D eigenvalue weighted by Gasteiger charge is 2.58. The Balaban J connectivity index is 1.71. The van der Waals surface area contributed by atoms with Gasteiger partial charge in [0, 0.05) is 24.1 Å². The molecule has 0 aromatic heterocycles. The Morgan fingerprint density at radius 3 is 2.47 bits per heavy atom. The third-order valence-electron chi connectivity index (χ3n) is 5.34. The van der Waals surface area contributed by atoms with E-state index in [0.29, 0.717) is 17.6 Å². The lowest BCUT2D eigenvalue weighted by Crippen LogP contribution is -2.67. The predicted octanol–water partition coefficient (Wildman–Crippen LogP) is 4.14. The van der Waals surface area contributed by atoms with Crippen molar-refractivity contribution in [3.05, 3.63) is 0 Å². The zero-order chi connectivity index (χ0) is 13.9. The van der Waals surface area contributed by atoms with Crippen LogP contribution in [0, 0.1) is 11.3 Å². The van der Waals surface area contributed by atoms with E-state index in [1.165, 1.54) is 44.9 Å². The number of nitrogens with one attached hydrogen (secondary N) is 1. The zero-order valence-corrected chi connectivity index (χ0v) is 13.4. The zero-order valence-electron chi connectivity index (χ0n) is 13.4. The number of rotatable bonds is 8. The van der Waals surface area contributed by atoms with Crippen LogP contribution in [0.2, 0.25) is 0 Å². The molecule has 1 N–H and O–H groups in total. The molecule has 1 spiro atoms. The molecule has 2 fully saturated rings. The maximum atomic E-state index is 5.92. The Hall–Kier alpha value is -0.0800. The SMILES string of the molecule is CCOC1CC(NC(C)CCCC(C)C)C12CCC2. The van der Waals surface area contributed by atoms with Gasteiger partial charge in [0.05, 0.1) is 6.10 Å². The monoisotopic (exact) mass is 267 g/mol. The molecule has 0 aromatic carbocycles. The van der Waals surface area contributed by atoms with Crippen molar-refractivity contribution in [2.75, 3.05) is 6.61 Å². The summed E-state index contributed by atoms with van der Waals surface area (Å²) in [5, 5.41) is 3.89. The molecule has 19 heavy (non-hydrogen) atoms. The first kappa shape index (κ1) is 15.3. The van der Waals surface area contributed by atoms with Crippen LogP contribution in [0.25, 0.3) is 0 Å². The average molecular weight is 267 g/mol. The molecular weight excluding hydrogens is 234 g/mol. The normalized spacial score (nSPS) is 30.2. The van der Waals surface area contributed by atoms with Gasteiger partial charge in [0.25, 0.3) is 0 Å². The number of ether oxygens (including phenoxy) is 1. The predicted molar refractivity (Wildman–Crippen MR) is 81.4 cm³/mol. The molecular formula is C17H33NO. The number of hydrogen-bond acceptors (Lipinski definition) is 2. The minimum atomic E-state index is 0.516. The fourth-order valence-electron chi connectivity index (χ4n) is 3.93. The van der Waals surface area contributed by atoms with Crippen LogP contribution in [-0.2, 0) is 4.74 Å². The van der Waals surface area contributed by atoms with E-state index in [2.05, 4.69) is 33.0 Å². The smallest absolute Gasteiger partial charge is 0.0661 e. The van der Waals surface area contributed by atoms with Gasteiger partial charge in [-0.15, -0.1) is 0 Å². The summed E-state index contributed by atoms with van der Waals surface area (Å²) in [6.07, 6.45) is 10.0. The quantitative estimate of drug-likeness (QED) is 0.713. The summed E-state index contributed by atoms with van der Waals surface area (Å²) in [6, 6.07) is 1.40. The first-order chi connectivity index (χ1) is 9.08. The standard InChI is InChI=1S/C17H33NO/c1-5-19-16-12-15(17(16)10-7-11-17)18-14(4)9-6-8-13(2)3/h13-16,18H,5-12H2,1-4H3. The van der Waals surface area contributed by atoms with Gasteiger partial charge in [0.2, 0.25) is 0 Å². The van der Waals surface area contributed by atoms with Gasteiger partial charge in [-0.3, -0.25) is 0 Å². The minimum absolute atomic E-state index is 0.516. The van der Waals surface area contributed by atoms with Gasteiger partial charge >= 0.3 is 0 Å². The second-order valence-corrected chi connectivity index (χ2v) is 7.21. The van der Waals surface area contributed by atoms with Gasteiger partial charge < -0.3 is 10.1 Å². The van der Waals surface area contributed by atoms with E-state index in [1.54, 1.807) is 0 Å². The molecule has 2 aliphatic carbocycles. The summed E-state index contributed by atoms with van der Waals surface area (Å²) in [7, 11) is 0. The Labute approximate surface area is 119 Å². The summed E-state index contributed by atoms with van der Waals surface area (Å²) in [4.78, 5) is 0. The van der Waals surface area contributed by atoms with Crippen LogP contribution >= 0.6 is 0 Å². The van der Waals surface area contributed by atoms with Gasteiger partial charge in [-0.2, -0.15) is 0 Å². The lowest BCUT2D eigenvalue weighted by atomic mass is 9.51. The molecule has 0 aliphatic heterocycles. The maximum absolute atomic E-state index is 5.92. The second kappa shape index (κ2) is 6.58. The first-order valence-electron chi connectivity index (χ1n) is 8.46. The van der Waals surface area contributed by atoms with Crippen LogP contribution in [0.5, 0.6) is 0 Å². The molecule has 2 rings (SSSR count). The topological polar surface area (TPSA) is 21.3 Å². The van der Waals surface area contributed by atoms with Gasteiger partial charge in [0.1, 0.15) is 0 Å². The van der Waals surface area contributed by atoms with E-state index in [0.717, 1.165) is 18.6 Å². The fraction of sp³-hybridized carbons (Fsp3) is 1.00. The van der Waals surface area contributed by atoms with Crippen molar-refractivity contribution in [1.29, 1.82) is 0 Å². The van der Waals surface area contributed by atoms with Crippen LogP contribution in [-0.4, -0.2) is 24.8 Å². The molecule has 0 heterocycles. The van der Waals surface area contributed by atoms with Gasteiger partial charge in [-0.25, -0.2) is 0 Å². The third kappa shape index (κ3) is 3.33. The third-order valence-corrected chi connectivity index (χ3v) is 5.34. The summed E-state index contributed by atoms with van der Waals surface area (Å²) in [6.45, 7) is 10.0. The molecule has 0 saturated heterocycles. The molecule has 0 aromatic rings. The van der Waals surface area contributed by atoms with Crippen LogP contribution in [0.4, 0.5) is 0 Å². The highest BCUT2D eigenvalue weighted by atomic mass is 16.5. The molecule has 3 atom stereocenters. The van der Waals surface area contributed by atoms with Gasteiger partial charge in [-0.05, 0) is 45.4 Å².